The van der Waals surface area contributed by atoms with Crippen LogP contribution in [0.1, 0.15) is 79.0 Å². The molecule has 1 aliphatic heterocycles. The van der Waals surface area contributed by atoms with Crippen LogP contribution in [0, 0.1) is 0 Å². The van der Waals surface area contributed by atoms with Crippen molar-refractivity contribution in [3.63, 3.8) is 0 Å². The van der Waals surface area contributed by atoms with Crippen LogP contribution >= 0.6 is 0 Å². The van der Waals surface area contributed by atoms with Gasteiger partial charge in [-0.2, -0.15) is 0 Å². The molecule has 0 aliphatic carbocycles. The SMILES string of the molecule is CC(C)(C)c1ccc(-c2ccc(-c3cccc(-c4ccc(C(C)(C)C)cc4)c3[N+]3=C=[N+](c4cccc(Oc5ccc6c7ccccc7n(-c7cc(C(C)(C)C)ccn7)c6c5)c4)c4ccccc43)cc2)cc1. The number of fused-ring (bicyclic) bond motifs is 4. The predicted octanol–water partition coefficient (Wildman–Crippen LogP) is 17.7. The van der Waals surface area contributed by atoms with E-state index in [1.165, 1.54) is 33.2 Å². The number of hydrogen-bond acceptors (Lipinski definition) is 2. The number of rotatable bonds is 8. The maximum Gasteiger partial charge on any atom is 0.503 e. The van der Waals surface area contributed by atoms with E-state index >= 15 is 0 Å². The first kappa shape index (κ1) is 45.3. The molecule has 348 valence electrons. The van der Waals surface area contributed by atoms with Crippen LogP contribution in [-0.4, -0.2) is 15.6 Å². The van der Waals surface area contributed by atoms with Gasteiger partial charge in [-0.05, 0) is 113 Å². The normalized spacial score (nSPS) is 12.8. The van der Waals surface area contributed by atoms with Gasteiger partial charge in [0.05, 0.1) is 28.2 Å². The van der Waals surface area contributed by atoms with Crippen molar-refractivity contribution in [3.05, 3.63) is 217 Å². The van der Waals surface area contributed by atoms with Gasteiger partial charge in [-0.15, -0.1) is 0 Å². The largest absolute Gasteiger partial charge is 0.503 e. The Morgan fingerprint density at radius 2 is 0.944 bits per heavy atom. The molecule has 0 radical (unpaired) electrons. The minimum absolute atomic E-state index is 0.0198. The fourth-order valence-corrected chi connectivity index (χ4v) is 9.91. The second-order valence-corrected chi connectivity index (χ2v) is 22.0. The summed E-state index contributed by atoms with van der Waals surface area (Å²) >= 11 is 0. The summed E-state index contributed by atoms with van der Waals surface area (Å²) in [4.78, 5) is 4.90. The predicted molar refractivity (Wildman–Crippen MR) is 298 cm³/mol. The van der Waals surface area contributed by atoms with Gasteiger partial charge in [0.2, 0.25) is 11.4 Å². The molecule has 11 rings (SSSR count). The van der Waals surface area contributed by atoms with Crippen molar-refractivity contribution in [2.24, 2.45) is 0 Å². The summed E-state index contributed by atoms with van der Waals surface area (Å²) in [6.07, 6.45) is 1.92. The van der Waals surface area contributed by atoms with E-state index in [2.05, 4.69) is 270 Å². The fraction of sp³-hybridized carbons (Fsp3) is 0.182. The average Bonchev–Trinajstić information content (AvgIpc) is 3.92. The van der Waals surface area contributed by atoms with Gasteiger partial charge in [-0.1, -0.05) is 178 Å². The molecule has 5 nitrogen and oxygen atoms in total. The lowest BCUT2D eigenvalue weighted by Crippen LogP contribution is -2.12. The number of nitrogens with zero attached hydrogens (tertiary/aromatic N) is 4. The quantitative estimate of drug-likeness (QED) is 0.142. The Labute approximate surface area is 418 Å². The number of ether oxygens (including phenoxy) is 1. The van der Waals surface area contributed by atoms with Gasteiger partial charge >= 0.3 is 6.01 Å². The van der Waals surface area contributed by atoms with E-state index in [1.54, 1.807) is 0 Å². The summed E-state index contributed by atoms with van der Waals surface area (Å²) in [5, 5.41) is 2.32. The molecule has 0 N–H and O–H groups in total. The van der Waals surface area contributed by atoms with Crippen LogP contribution in [0.4, 0.5) is 22.7 Å². The van der Waals surface area contributed by atoms with E-state index in [4.69, 9.17) is 9.72 Å². The first-order valence-corrected chi connectivity index (χ1v) is 24.8. The van der Waals surface area contributed by atoms with Gasteiger partial charge in [0.15, 0.2) is 0 Å². The number of pyridine rings is 1. The second-order valence-electron chi connectivity index (χ2n) is 22.0. The third-order valence-electron chi connectivity index (χ3n) is 14.0. The Bertz CT molecular complexity index is 3730. The van der Waals surface area contributed by atoms with Crippen molar-refractivity contribution in [3.8, 4) is 50.7 Å². The van der Waals surface area contributed by atoms with Crippen molar-refractivity contribution in [2.75, 3.05) is 0 Å². The molecule has 0 saturated carbocycles. The second kappa shape index (κ2) is 17.4. The van der Waals surface area contributed by atoms with Crippen LogP contribution in [0.2, 0.25) is 0 Å². The maximum absolute atomic E-state index is 6.80. The highest BCUT2D eigenvalue weighted by molar-refractivity contribution is 6.09. The summed E-state index contributed by atoms with van der Waals surface area (Å²) in [5.41, 5.74) is 17.1. The minimum atomic E-state index is -0.0198. The molecule has 0 atom stereocenters. The Kier molecular flexibility index (Phi) is 11.1. The molecule has 10 aromatic rings. The number of aromatic nitrogens is 2. The molecule has 0 amide bonds. The lowest BCUT2D eigenvalue weighted by molar-refractivity contribution is 0.483. The van der Waals surface area contributed by atoms with Crippen LogP contribution in [0.3, 0.4) is 0 Å². The van der Waals surface area contributed by atoms with E-state index in [9.17, 15) is 0 Å². The Balaban J connectivity index is 1.02. The molecular weight excluding hydrogens is 865 g/mol. The van der Waals surface area contributed by atoms with Gasteiger partial charge in [-0.3, -0.25) is 4.57 Å². The van der Waals surface area contributed by atoms with Gasteiger partial charge in [0.25, 0.3) is 11.4 Å². The maximum atomic E-state index is 6.80. The summed E-state index contributed by atoms with van der Waals surface area (Å²) < 4.78 is 13.5. The molecule has 0 fully saturated rings. The number of benzene rings is 8. The molecule has 0 spiro atoms. The number of para-hydroxylation sites is 4. The van der Waals surface area contributed by atoms with Gasteiger partial charge < -0.3 is 4.74 Å². The Hall–Kier alpha value is -8.11. The van der Waals surface area contributed by atoms with Crippen molar-refractivity contribution < 1.29 is 4.74 Å². The van der Waals surface area contributed by atoms with Crippen LogP contribution in [-0.2, 0) is 16.2 Å². The zero-order valence-corrected chi connectivity index (χ0v) is 42.2. The molecule has 0 unspecified atom stereocenters. The van der Waals surface area contributed by atoms with Crippen molar-refractivity contribution in [1.29, 1.82) is 0 Å². The fourth-order valence-electron chi connectivity index (χ4n) is 9.91. The highest BCUT2D eigenvalue weighted by Gasteiger charge is 2.39. The van der Waals surface area contributed by atoms with Crippen LogP contribution in [0.15, 0.2) is 200 Å². The molecule has 5 heteroatoms. The third kappa shape index (κ3) is 8.58. The molecular formula is C66H60N4O+2. The van der Waals surface area contributed by atoms with Gasteiger partial charge in [0.1, 0.15) is 17.3 Å². The van der Waals surface area contributed by atoms with E-state index in [0.29, 0.717) is 0 Å². The molecule has 1 aliphatic rings. The first-order chi connectivity index (χ1) is 34.1. The molecule has 3 heterocycles. The summed E-state index contributed by atoms with van der Waals surface area (Å²) in [5.74, 6) is 2.35. The summed E-state index contributed by atoms with van der Waals surface area (Å²) in [6.45, 7) is 20.3. The molecule has 71 heavy (non-hydrogen) atoms. The van der Waals surface area contributed by atoms with Crippen molar-refractivity contribution in [1.82, 2.24) is 18.7 Å². The van der Waals surface area contributed by atoms with Gasteiger partial charge in [-0.25, -0.2) is 4.98 Å². The van der Waals surface area contributed by atoms with E-state index in [0.717, 1.165) is 78.7 Å². The highest BCUT2D eigenvalue weighted by Crippen LogP contribution is 2.46. The van der Waals surface area contributed by atoms with Crippen LogP contribution in [0.5, 0.6) is 11.5 Å². The minimum Gasteiger partial charge on any atom is -0.457 e. The van der Waals surface area contributed by atoms with Crippen LogP contribution < -0.4 is 13.9 Å². The molecule has 0 bridgehead atoms. The molecule has 0 saturated heterocycles. The van der Waals surface area contributed by atoms with Crippen LogP contribution in [0.25, 0.3) is 61.0 Å². The van der Waals surface area contributed by atoms with E-state index < -0.39 is 0 Å². The zero-order valence-electron chi connectivity index (χ0n) is 42.2. The third-order valence-corrected chi connectivity index (χ3v) is 14.0. The lowest BCUT2D eigenvalue weighted by Gasteiger charge is -2.20. The topological polar surface area (TPSA) is 33.1 Å². The summed E-state index contributed by atoms with van der Waals surface area (Å²) in [7, 11) is 0. The zero-order chi connectivity index (χ0) is 49.2. The van der Waals surface area contributed by atoms with Crippen molar-refractivity contribution >= 4 is 50.6 Å². The lowest BCUT2D eigenvalue weighted by atomic mass is 9.85. The monoisotopic (exact) mass is 924 g/mol. The van der Waals surface area contributed by atoms with E-state index in [-0.39, 0.29) is 16.2 Å². The summed E-state index contributed by atoms with van der Waals surface area (Å²) in [6, 6.07) is 73.7. The van der Waals surface area contributed by atoms with Gasteiger partial charge in [0, 0.05) is 41.2 Å². The highest BCUT2D eigenvalue weighted by atomic mass is 16.5. The standard InChI is InChI=1S/C66H60N4O/c1-64(2,3)48-32-28-45(29-33-48)44-24-26-46(27-25-44)54-19-15-20-55(47-30-34-49(35-31-47)65(4,5)6)63(54)69-43-68(59-22-12-13-23-60(59)69)51-16-14-17-52(41-51)71-53-36-37-57-56-18-10-11-21-58(56)70(61(57)42-53)62-40-50(38-39-67-62)66(7,8)9/h10-42H,1-9H3/q+2. The molecule has 2 aromatic heterocycles. The molecule has 8 aromatic carbocycles. The number of hydrogen-bond donors (Lipinski definition) is 0. The van der Waals surface area contributed by atoms with E-state index in [1.807, 2.05) is 12.3 Å². The Morgan fingerprint density at radius 1 is 0.423 bits per heavy atom. The van der Waals surface area contributed by atoms with Crippen molar-refractivity contribution in [2.45, 2.75) is 78.6 Å². The Morgan fingerprint density at radius 3 is 1.58 bits per heavy atom. The smallest absolute Gasteiger partial charge is 0.457 e. The first-order valence-electron chi connectivity index (χ1n) is 24.8. The average molecular weight is 925 g/mol.